The second-order valence-electron chi connectivity index (χ2n) is 5.73. The van der Waals surface area contributed by atoms with Gasteiger partial charge in [-0.05, 0) is 38.0 Å². The molecular formula is C18H24N4O3. The maximum absolute atomic E-state index is 12.0. The highest BCUT2D eigenvalue weighted by Crippen LogP contribution is 2.11. The van der Waals surface area contributed by atoms with Crippen molar-refractivity contribution >= 4 is 6.03 Å². The number of nitrogens with zero attached hydrogens (tertiary/aromatic N) is 2. The number of hydrogen-bond acceptors (Lipinski definition) is 4. The van der Waals surface area contributed by atoms with E-state index in [1.165, 1.54) is 10.9 Å². The van der Waals surface area contributed by atoms with Gasteiger partial charge in [0.05, 0.1) is 13.4 Å². The lowest BCUT2D eigenvalue weighted by atomic mass is 10.1. The molecule has 134 valence electrons. The third kappa shape index (κ3) is 5.34. The van der Waals surface area contributed by atoms with E-state index in [0.717, 1.165) is 23.4 Å². The third-order valence-corrected chi connectivity index (χ3v) is 4.01. The number of urea groups is 1. The van der Waals surface area contributed by atoms with Crippen molar-refractivity contribution in [3.05, 3.63) is 57.8 Å². The summed E-state index contributed by atoms with van der Waals surface area (Å²) in [6, 6.07) is 7.48. The Balaban J connectivity index is 1.70. The Morgan fingerprint density at radius 3 is 2.52 bits per heavy atom. The van der Waals surface area contributed by atoms with Gasteiger partial charge in [-0.15, -0.1) is 0 Å². The number of nitrogens with one attached hydrogen (secondary N) is 2. The van der Waals surface area contributed by atoms with Gasteiger partial charge in [-0.1, -0.05) is 12.1 Å². The molecule has 7 heteroatoms. The molecule has 7 nitrogen and oxygen atoms in total. The van der Waals surface area contributed by atoms with Crippen molar-refractivity contribution < 1.29 is 9.53 Å². The highest BCUT2D eigenvalue weighted by molar-refractivity contribution is 5.73. The molecule has 2 aromatic rings. The first kappa shape index (κ1) is 18.5. The lowest BCUT2D eigenvalue weighted by Gasteiger charge is -2.10. The van der Waals surface area contributed by atoms with Gasteiger partial charge in [-0.2, -0.15) is 0 Å². The predicted octanol–water partition coefficient (Wildman–Crippen LogP) is 1.41. The van der Waals surface area contributed by atoms with Crippen LogP contribution in [0.4, 0.5) is 4.79 Å². The Morgan fingerprint density at radius 1 is 1.16 bits per heavy atom. The smallest absolute Gasteiger partial charge is 0.314 e. The fraction of sp³-hybridized carbons (Fsp3) is 0.389. The fourth-order valence-electron chi connectivity index (χ4n) is 2.30. The average Bonchev–Trinajstić information content (AvgIpc) is 2.62. The van der Waals surface area contributed by atoms with Gasteiger partial charge in [-0.25, -0.2) is 9.78 Å². The van der Waals surface area contributed by atoms with E-state index in [4.69, 9.17) is 4.74 Å². The summed E-state index contributed by atoms with van der Waals surface area (Å²) in [6.07, 6.45) is 2.24. The average molecular weight is 344 g/mol. The Bertz CT molecular complexity index is 769. The van der Waals surface area contributed by atoms with Crippen LogP contribution in [0.15, 0.2) is 35.4 Å². The number of rotatable bonds is 7. The number of aromatic nitrogens is 2. The molecule has 0 bridgehead atoms. The van der Waals surface area contributed by atoms with Crippen molar-refractivity contribution in [2.45, 2.75) is 26.8 Å². The van der Waals surface area contributed by atoms with E-state index in [-0.39, 0.29) is 11.6 Å². The highest BCUT2D eigenvalue weighted by atomic mass is 16.5. The second kappa shape index (κ2) is 8.86. The van der Waals surface area contributed by atoms with Gasteiger partial charge in [-0.3, -0.25) is 9.36 Å². The van der Waals surface area contributed by atoms with Crippen molar-refractivity contribution in [2.24, 2.45) is 0 Å². The van der Waals surface area contributed by atoms with E-state index in [9.17, 15) is 9.59 Å². The summed E-state index contributed by atoms with van der Waals surface area (Å²) in [5.74, 6) is 0.811. The van der Waals surface area contributed by atoms with Gasteiger partial charge in [0, 0.05) is 30.9 Å². The van der Waals surface area contributed by atoms with Crippen molar-refractivity contribution in [3.63, 3.8) is 0 Å². The Hall–Kier alpha value is -2.83. The molecule has 0 atom stereocenters. The van der Waals surface area contributed by atoms with Gasteiger partial charge in [0.15, 0.2) is 0 Å². The molecule has 25 heavy (non-hydrogen) atoms. The number of carbonyl (C=O) groups is 1. The summed E-state index contributed by atoms with van der Waals surface area (Å²) in [4.78, 5) is 28.0. The molecule has 0 aliphatic heterocycles. The molecule has 1 heterocycles. The summed E-state index contributed by atoms with van der Waals surface area (Å²) >= 11 is 0. The molecule has 2 N–H and O–H groups in total. The molecule has 0 saturated heterocycles. The molecule has 0 saturated carbocycles. The normalized spacial score (nSPS) is 10.4. The second-order valence-corrected chi connectivity index (χ2v) is 5.73. The van der Waals surface area contributed by atoms with Crippen LogP contribution < -0.4 is 20.9 Å². The van der Waals surface area contributed by atoms with Gasteiger partial charge in [0.25, 0.3) is 5.56 Å². The molecule has 1 aromatic carbocycles. The van der Waals surface area contributed by atoms with Gasteiger partial charge in [0.1, 0.15) is 5.75 Å². The number of hydrogen-bond donors (Lipinski definition) is 2. The van der Waals surface area contributed by atoms with Crippen LogP contribution in [-0.4, -0.2) is 35.8 Å². The maximum Gasteiger partial charge on any atom is 0.314 e. The minimum absolute atomic E-state index is 0.0748. The monoisotopic (exact) mass is 344 g/mol. The number of ether oxygens (including phenoxy) is 1. The molecular weight excluding hydrogens is 320 g/mol. The number of amides is 2. The van der Waals surface area contributed by atoms with Gasteiger partial charge >= 0.3 is 6.03 Å². The van der Waals surface area contributed by atoms with Crippen LogP contribution in [0.25, 0.3) is 0 Å². The van der Waals surface area contributed by atoms with Crippen LogP contribution in [0, 0.1) is 13.8 Å². The molecule has 0 aliphatic carbocycles. The minimum Gasteiger partial charge on any atom is -0.497 e. The first-order chi connectivity index (χ1) is 12.0. The van der Waals surface area contributed by atoms with Crippen LogP contribution in [0.5, 0.6) is 5.75 Å². The maximum atomic E-state index is 12.0. The summed E-state index contributed by atoms with van der Waals surface area (Å²) in [5, 5.41) is 5.54. The molecule has 0 radical (unpaired) electrons. The predicted molar refractivity (Wildman–Crippen MR) is 96.1 cm³/mol. The summed E-state index contributed by atoms with van der Waals surface area (Å²) in [7, 11) is 1.63. The first-order valence-corrected chi connectivity index (χ1v) is 8.18. The number of aryl methyl sites for hydroxylation is 1. The van der Waals surface area contributed by atoms with Crippen LogP contribution >= 0.6 is 0 Å². The van der Waals surface area contributed by atoms with Crippen molar-refractivity contribution in [1.29, 1.82) is 0 Å². The van der Waals surface area contributed by atoms with Crippen LogP contribution in [-0.2, 0) is 13.0 Å². The van der Waals surface area contributed by atoms with E-state index < -0.39 is 0 Å². The number of methoxy groups -OCH3 is 1. The van der Waals surface area contributed by atoms with Crippen LogP contribution in [0.1, 0.15) is 16.8 Å². The van der Waals surface area contributed by atoms with E-state index in [2.05, 4.69) is 15.6 Å². The number of benzene rings is 1. The van der Waals surface area contributed by atoms with E-state index >= 15 is 0 Å². The summed E-state index contributed by atoms with van der Waals surface area (Å²) in [5.41, 5.74) is 2.40. The SMILES string of the molecule is COc1ccc(CCNC(=O)NCCn2cnc(C)c(C)c2=O)cc1. The summed E-state index contributed by atoms with van der Waals surface area (Å²) in [6.45, 7) is 4.83. The number of carbonyl (C=O) groups excluding carboxylic acids is 1. The van der Waals surface area contributed by atoms with Gasteiger partial charge in [0.2, 0.25) is 0 Å². The molecule has 0 aliphatic rings. The Labute approximate surface area is 147 Å². The van der Waals surface area contributed by atoms with Crippen molar-refractivity contribution in [3.8, 4) is 5.75 Å². The first-order valence-electron chi connectivity index (χ1n) is 8.18. The molecule has 2 rings (SSSR count). The van der Waals surface area contributed by atoms with E-state index in [1.54, 1.807) is 21.0 Å². The minimum atomic E-state index is -0.252. The quantitative estimate of drug-likeness (QED) is 0.795. The molecule has 2 amide bonds. The standard InChI is InChI=1S/C18H24N4O3/c1-13-14(2)21-12-22(17(13)23)11-10-20-18(24)19-9-8-15-4-6-16(25-3)7-5-15/h4-7,12H,8-11H2,1-3H3,(H2,19,20,24). The fourth-order valence-corrected chi connectivity index (χ4v) is 2.30. The molecule has 1 aromatic heterocycles. The van der Waals surface area contributed by atoms with E-state index in [1.807, 2.05) is 24.3 Å². The summed E-state index contributed by atoms with van der Waals surface area (Å²) < 4.78 is 6.61. The zero-order valence-corrected chi connectivity index (χ0v) is 14.8. The van der Waals surface area contributed by atoms with Crippen molar-refractivity contribution in [2.75, 3.05) is 20.2 Å². The largest absolute Gasteiger partial charge is 0.497 e. The zero-order chi connectivity index (χ0) is 18.2. The lowest BCUT2D eigenvalue weighted by molar-refractivity contribution is 0.240. The Kier molecular flexibility index (Phi) is 6.56. The van der Waals surface area contributed by atoms with Crippen LogP contribution in [0.2, 0.25) is 0 Å². The highest BCUT2D eigenvalue weighted by Gasteiger charge is 2.04. The third-order valence-electron chi connectivity index (χ3n) is 4.01. The van der Waals surface area contributed by atoms with E-state index in [0.29, 0.717) is 25.2 Å². The van der Waals surface area contributed by atoms with Crippen molar-refractivity contribution in [1.82, 2.24) is 20.2 Å². The molecule has 0 unspecified atom stereocenters. The Morgan fingerprint density at radius 2 is 1.84 bits per heavy atom. The molecule has 0 fully saturated rings. The van der Waals surface area contributed by atoms with Crippen LogP contribution in [0.3, 0.4) is 0 Å². The zero-order valence-electron chi connectivity index (χ0n) is 14.8. The van der Waals surface area contributed by atoms with Gasteiger partial charge < -0.3 is 15.4 Å². The topological polar surface area (TPSA) is 85.2 Å². The lowest BCUT2D eigenvalue weighted by Crippen LogP contribution is -2.39. The molecule has 0 spiro atoms.